The molecule has 1 aromatic rings. The summed E-state index contributed by atoms with van der Waals surface area (Å²) in [5, 5.41) is 10.2. The second kappa shape index (κ2) is 9.22. The Bertz CT molecular complexity index is 880. The lowest BCUT2D eigenvalue weighted by molar-refractivity contribution is -0.130. The standard InChI is InChI=1S/C28H40O3/c1-7-16-31-24-18-23-22(27(3,4)14-15-28(23,5)6)17-21(24)25(26(29)30)19(2)12-13-20-10-8-9-11-20/h12-13,17-18,20H,7-11,14-16H2,1-6H3,(H,29,30). The molecule has 0 aromatic heterocycles. The molecule has 1 saturated carbocycles. The van der Waals surface area contributed by atoms with E-state index in [0.717, 1.165) is 30.4 Å². The molecule has 170 valence electrons. The maximum Gasteiger partial charge on any atom is 0.336 e. The van der Waals surface area contributed by atoms with Crippen molar-refractivity contribution in [1.82, 2.24) is 0 Å². The fraction of sp³-hybridized carbons (Fsp3) is 0.607. The van der Waals surface area contributed by atoms with Crippen LogP contribution in [0.3, 0.4) is 0 Å². The average molecular weight is 425 g/mol. The number of allylic oxidation sites excluding steroid dienone is 3. The van der Waals surface area contributed by atoms with Crippen molar-refractivity contribution in [1.29, 1.82) is 0 Å². The van der Waals surface area contributed by atoms with Crippen molar-refractivity contribution in [3.05, 3.63) is 46.5 Å². The van der Waals surface area contributed by atoms with E-state index in [4.69, 9.17) is 4.74 Å². The molecular weight excluding hydrogens is 384 g/mol. The van der Waals surface area contributed by atoms with Gasteiger partial charge in [-0.25, -0.2) is 4.79 Å². The molecule has 3 heteroatoms. The van der Waals surface area contributed by atoms with Gasteiger partial charge < -0.3 is 9.84 Å². The molecule has 0 heterocycles. The van der Waals surface area contributed by atoms with Crippen LogP contribution in [-0.4, -0.2) is 17.7 Å². The van der Waals surface area contributed by atoms with Crippen LogP contribution < -0.4 is 4.74 Å². The van der Waals surface area contributed by atoms with Crippen molar-refractivity contribution in [2.75, 3.05) is 6.61 Å². The third-order valence-corrected chi connectivity index (χ3v) is 7.31. The van der Waals surface area contributed by atoms with Gasteiger partial charge in [-0.1, -0.05) is 59.6 Å². The van der Waals surface area contributed by atoms with Crippen molar-refractivity contribution in [2.24, 2.45) is 5.92 Å². The van der Waals surface area contributed by atoms with E-state index in [1.165, 1.54) is 36.8 Å². The number of fused-ring (bicyclic) bond motifs is 1. The van der Waals surface area contributed by atoms with Gasteiger partial charge >= 0.3 is 5.97 Å². The first-order chi connectivity index (χ1) is 14.6. The fourth-order valence-corrected chi connectivity index (χ4v) is 5.13. The Morgan fingerprint density at radius 1 is 1.10 bits per heavy atom. The van der Waals surface area contributed by atoms with Crippen LogP contribution in [0.2, 0.25) is 0 Å². The molecular formula is C28H40O3. The van der Waals surface area contributed by atoms with Gasteiger partial charge in [0.2, 0.25) is 0 Å². The van der Waals surface area contributed by atoms with Gasteiger partial charge in [-0.3, -0.25) is 0 Å². The zero-order valence-electron chi connectivity index (χ0n) is 20.3. The summed E-state index contributed by atoms with van der Waals surface area (Å²) >= 11 is 0. The van der Waals surface area contributed by atoms with E-state index in [9.17, 15) is 9.90 Å². The molecule has 3 nitrogen and oxygen atoms in total. The van der Waals surface area contributed by atoms with E-state index in [1.54, 1.807) is 0 Å². The van der Waals surface area contributed by atoms with Crippen LogP contribution >= 0.6 is 0 Å². The minimum absolute atomic E-state index is 0.0140. The first-order valence-electron chi connectivity index (χ1n) is 12.0. The van der Waals surface area contributed by atoms with E-state index < -0.39 is 5.97 Å². The molecule has 0 atom stereocenters. The normalized spacial score (nSPS) is 21.1. The number of hydrogen-bond acceptors (Lipinski definition) is 2. The molecule has 1 N–H and O–H groups in total. The number of benzene rings is 1. The molecule has 1 aromatic carbocycles. The number of ether oxygens (including phenoxy) is 1. The monoisotopic (exact) mass is 424 g/mol. The highest BCUT2D eigenvalue weighted by Gasteiger charge is 2.38. The zero-order valence-corrected chi connectivity index (χ0v) is 20.3. The third-order valence-electron chi connectivity index (χ3n) is 7.31. The van der Waals surface area contributed by atoms with Crippen molar-refractivity contribution >= 4 is 11.5 Å². The molecule has 0 saturated heterocycles. The molecule has 0 amide bonds. The number of rotatable bonds is 7. The summed E-state index contributed by atoms with van der Waals surface area (Å²) in [6, 6.07) is 4.26. The van der Waals surface area contributed by atoms with Gasteiger partial charge in [-0.15, -0.1) is 0 Å². The van der Waals surface area contributed by atoms with Crippen LogP contribution in [0.25, 0.3) is 5.57 Å². The first-order valence-corrected chi connectivity index (χ1v) is 12.0. The minimum Gasteiger partial charge on any atom is -0.493 e. The highest BCUT2D eigenvalue weighted by atomic mass is 16.5. The Balaban J connectivity index is 2.18. The van der Waals surface area contributed by atoms with E-state index in [-0.39, 0.29) is 10.8 Å². The molecule has 2 aliphatic rings. The van der Waals surface area contributed by atoms with E-state index >= 15 is 0 Å². The topological polar surface area (TPSA) is 46.5 Å². The maximum absolute atomic E-state index is 12.5. The Hall–Kier alpha value is -2.03. The summed E-state index contributed by atoms with van der Waals surface area (Å²) in [7, 11) is 0. The molecule has 2 aliphatic carbocycles. The van der Waals surface area contributed by atoms with Crippen LogP contribution in [0.1, 0.15) is 103 Å². The van der Waals surface area contributed by atoms with Gasteiger partial charge in [0.05, 0.1) is 12.2 Å². The SMILES string of the molecule is CCCOc1cc2c(cc1C(C(=O)O)=C(C)C=CC1CCCC1)C(C)(C)CCC2(C)C. The lowest BCUT2D eigenvalue weighted by Gasteiger charge is -2.42. The summed E-state index contributed by atoms with van der Waals surface area (Å²) in [5.74, 6) is 0.393. The molecule has 3 rings (SSSR count). The number of hydrogen-bond donors (Lipinski definition) is 1. The van der Waals surface area contributed by atoms with Crippen LogP contribution in [-0.2, 0) is 15.6 Å². The first kappa shape index (κ1) is 23.6. The quantitative estimate of drug-likeness (QED) is 0.366. The Morgan fingerprint density at radius 2 is 1.68 bits per heavy atom. The molecule has 1 fully saturated rings. The Kier molecular flexibility index (Phi) is 7.03. The number of carboxylic acid groups (broad SMARTS) is 1. The van der Waals surface area contributed by atoms with Gasteiger partial charge in [0.15, 0.2) is 0 Å². The van der Waals surface area contributed by atoms with Crippen LogP contribution in [0, 0.1) is 5.92 Å². The molecule has 0 radical (unpaired) electrons. The number of carboxylic acids is 1. The van der Waals surface area contributed by atoms with Crippen LogP contribution in [0.15, 0.2) is 29.9 Å². The van der Waals surface area contributed by atoms with Gasteiger partial charge in [0.1, 0.15) is 5.75 Å². The number of carbonyl (C=O) groups is 1. The molecule has 31 heavy (non-hydrogen) atoms. The second-order valence-electron chi connectivity index (χ2n) is 10.8. The van der Waals surface area contributed by atoms with Gasteiger partial charge in [-0.05, 0) is 84.6 Å². The maximum atomic E-state index is 12.5. The largest absolute Gasteiger partial charge is 0.493 e. The minimum atomic E-state index is -0.886. The second-order valence-corrected chi connectivity index (χ2v) is 10.8. The summed E-state index contributed by atoms with van der Waals surface area (Å²) in [4.78, 5) is 12.5. The Morgan fingerprint density at radius 3 is 2.23 bits per heavy atom. The average Bonchev–Trinajstić information content (AvgIpc) is 3.22. The predicted molar refractivity (Wildman–Crippen MR) is 129 cm³/mol. The van der Waals surface area contributed by atoms with Gasteiger partial charge in [0.25, 0.3) is 0 Å². The van der Waals surface area contributed by atoms with Gasteiger partial charge in [0, 0.05) is 5.56 Å². The summed E-state index contributed by atoms with van der Waals surface area (Å²) in [6.45, 7) is 13.7. The molecule has 0 unspecified atom stereocenters. The molecule has 0 spiro atoms. The predicted octanol–water partition coefficient (Wildman–Crippen LogP) is 7.43. The van der Waals surface area contributed by atoms with Crippen molar-refractivity contribution in [2.45, 2.75) is 97.3 Å². The van der Waals surface area contributed by atoms with Crippen LogP contribution in [0.5, 0.6) is 5.75 Å². The highest BCUT2D eigenvalue weighted by molar-refractivity contribution is 6.17. The molecule has 0 aliphatic heterocycles. The number of aliphatic carboxylic acids is 1. The summed E-state index contributed by atoms with van der Waals surface area (Å²) in [5.41, 5.74) is 4.50. The van der Waals surface area contributed by atoms with E-state index in [0.29, 0.717) is 23.8 Å². The van der Waals surface area contributed by atoms with E-state index in [1.807, 2.05) is 13.0 Å². The molecule has 0 bridgehead atoms. The fourth-order valence-electron chi connectivity index (χ4n) is 5.13. The zero-order chi connectivity index (χ0) is 22.8. The van der Waals surface area contributed by atoms with Crippen LogP contribution in [0.4, 0.5) is 0 Å². The van der Waals surface area contributed by atoms with Crippen molar-refractivity contribution in [3.8, 4) is 5.75 Å². The van der Waals surface area contributed by atoms with Crippen molar-refractivity contribution in [3.63, 3.8) is 0 Å². The lowest BCUT2D eigenvalue weighted by Crippen LogP contribution is -2.34. The van der Waals surface area contributed by atoms with Crippen molar-refractivity contribution < 1.29 is 14.6 Å². The smallest absolute Gasteiger partial charge is 0.336 e. The Labute approximate surface area is 188 Å². The van der Waals surface area contributed by atoms with E-state index in [2.05, 4.69) is 52.8 Å². The summed E-state index contributed by atoms with van der Waals surface area (Å²) < 4.78 is 6.15. The lowest BCUT2D eigenvalue weighted by atomic mass is 9.62. The van der Waals surface area contributed by atoms with Gasteiger partial charge in [-0.2, -0.15) is 0 Å². The summed E-state index contributed by atoms with van der Waals surface area (Å²) in [6.07, 6.45) is 12.3. The third kappa shape index (κ3) is 5.07. The highest BCUT2D eigenvalue weighted by Crippen LogP contribution is 2.48.